The SMILES string of the molecule is CC(CN)CN(C)C(=O)C1CC1c1ccccc1. The normalized spacial score (nSPS) is 23.5. The Labute approximate surface area is 109 Å². The van der Waals surface area contributed by atoms with E-state index in [1.54, 1.807) is 0 Å². The van der Waals surface area contributed by atoms with E-state index in [0.717, 1.165) is 13.0 Å². The second kappa shape index (κ2) is 5.53. The zero-order valence-electron chi connectivity index (χ0n) is 11.2. The summed E-state index contributed by atoms with van der Waals surface area (Å²) < 4.78 is 0. The molecule has 0 saturated heterocycles. The van der Waals surface area contributed by atoms with Crippen LogP contribution in [0, 0.1) is 11.8 Å². The van der Waals surface area contributed by atoms with Crippen LogP contribution in [0.25, 0.3) is 0 Å². The molecule has 0 aliphatic heterocycles. The molecule has 1 amide bonds. The number of carbonyl (C=O) groups excluding carboxylic acids is 1. The van der Waals surface area contributed by atoms with Crippen LogP contribution < -0.4 is 5.73 Å². The molecule has 3 unspecified atom stereocenters. The van der Waals surface area contributed by atoms with E-state index >= 15 is 0 Å². The first kappa shape index (κ1) is 13.1. The lowest BCUT2D eigenvalue weighted by molar-refractivity contribution is -0.131. The molecule has 1 saturated carbocycles. The number of carbonyl (C=O) groups is 1. The zero-order chi connectivity index (χ0) is 13.1. The Morgan fingerprint density at radius 2 is 2.11 bits per heavy atom. The molecule has 3 heteroatoms. The van der Waals surface area contributed by atoms with Crippen molar-refractivity contribution in [1.29, 1.82) is 0 Å². The lowest BCUT2D eigenvalue weighted by atomic mass is 10.1. The van der Waals surface area contributed by atoms with Gasteiger partial charge in [0.15, 0.2) is 0 Å². The maximum absolute atomic E-state index is 12.2. The molecule has 18 heavy (non-hydrogen) atoms. The molecule has 3 nitrogen and oxygen atoms in total. The number of hydrogen-bond donors (Lipinski definition) is 1. The molecule has 1 aromatic rings. The van der Waals surface area contributed by atoms with Crippen LogP contribution in [0.2, 0.25) is 0 Å². The van der Waals surface area contributed by atoms with Crippen molar-refractivity contribution in [2.45, 2.75) is 19.3 Å². The fourth-order valence-corrected chi connectivity index (χ4v) is 2.45. The molecule has 98 valence electrons. The largest absolute Gasteiger partial charge is 0.345 e. The van der Waals surface area contributed by atoms with Crippen molar-refractivity contribution in [2.75, 3.05) is 20.1 Å². The summed E-state index contributed by atoms with van der Waals surface area (Å²) in [5.41, 5.74) is 6.88. The summed E-state index contributed by atoms with van der Waals surface area (Å²) in [7, 11) is 1.88. The van der Waals surface area contributed by atoms with Crippen LogP contribution >= 0.6 is 0 Å². The Kier molecular flexibility index (Phi) is 4.02. The molecule has 0 aromatic heterocycles. The number of amides is 1. The highest BCUT2D eigenvalue weighted by Gasteiger charge is 2.45. The Morgan fingerprint density at radius 3 is 2.72 bits per heavy atom. The van der Waals surface area contributed by atoms with Gasteiger partial charge in [-0.2, -0.15) is 0 Å². The average molecular weight is 246 g/mol. The fraction of sp³-hybridized carbons (Fsp3) is 0.533. The lowest BCUT2D eigenvalue weighted by Crippen LogP contribution is -2.34. The first-order chi connectivity index (χ1) is 8.63. The molecule has 2 rings (SSSR count). The molecule has 0 heterocycles. The first-order valence-electron chi connectivity index (χ1n) is 6.63. The monoisotopic (exact) mass is 246 g/mol. The molecule has 0 spiro atoms. The minimum absolute atomic E-state index is 0.183. The van der Waals surface area contributed by atoms with E-state index in [1.807, 2.05) is 30.1 Å². The molecule has 1 aromatic carbocycles. The summed E-state index contributed by atoms with van der Waals surface area (Å²) in [5.74, 6) is 1.24. The number of nitrogens with two attached hydrogens (primary N) is 1. The van der Waals surface area contributed by atoms with Gasteiger partial charge in [-0.05, 0) is 30.4 Å². The lowest BCUT2D eigenvalue weighted by Gasteiger charge is -2.20. The van der Waals surface area contributed by atoms with Crippen LogP contribution in [0.3, 0.4) is 0 Å². The summed E-state index contributed by atoms with van der Waals surface area (Å²) >= 11 is 0. The van der Waals surface area contributed by atoms with E-state index in [2.05, 4.69) is 19.1 Å². The van der Waals surface area contributed by atoms with E-state index < -0.39 is 0 Å². The first-order valence-corrected chi connectivity index (χ1v) is 6.63. The number of rotatable bonds is 5. The smallest absolute Gasteiger partial charge is 0.226 e. The minimum Gasteiger partial charge on any atom is -0.345 e. The van der Waals surface area contributed by atoms with Crippen molar-refractivity contribution >= 4 is 5.91 Å². The van der Waals surface area contributed by atoms with Gasteiger partial charge in [-0.1, -0.05) is 37.3 Å². The van der Waals surface area contributed by atoms with Gasteiger partial charge in [0.25, 0.3) is 0 Å². The Bertz CT molecular complexity index is 404. The highest BCUT2D eigenvalue weighted by atomic mass is 16.2. The van der Waals surface area contributed by atoms with Crippen LogP contribution in [0.1, 0.15) is 24.8 Å². The van der Waals surface area contributed by atoms with Crippen molar-refractivity contribution in [2.24, 2.45) is 17.6 Å². The number of nitrogens with zero attached hydrogens (tertiary/aromatic N) is 1. The van der Waals surface area contributed by atoms with Gasteiger partial charge in [0.2, 0.25) is 5.91 Å². The fourth-order valence-electron chi connectivity index (χ4n) is 2.45. The van der Waals surface area contributed by atoms with Crippen LogP contribution in [0.5, 0.6) is 0 Å². The quantitative estimate of drug-likeness (QED) is 0.861. The van der Waals surface area contributed by atoms with Gasteiger partial charge in [0.05, 0.1) is 0 Å². The van der Waals surface area contributed by atoms with E-state index in [9.17, 15) is 4.79 Å². The van der Waals surface area contributed by atoms with Crippen LogP contribution in [0.4, 0.5) is 0 Å². The third-order valence-corrected chi connectivity index (χ3v) is 3.70. The summed E-state index contributed by atoms with van der Waals surface area (Å²) in [5, 5.41) is 0. The third kappa shape index (κ3) is 2.91. The highest BCUT2D eigenvalue weighted by Crippen LogP contribution is 2.48. The van der Waals surface area contributed by atoms with Gasteiger partial charge in [0.1, 0.15) is 0 Å². The van der Waals surface area contributed by atoms with E-state index in [0.29, 0.717) is 18.4 Å². The molecule has 2 N–H and O–H groups in total. The summed E-state index contributed by atoms with van der Waals surface area (Å²) in [6.45, 7) is 3.46. The van der Waals surface area contributed by atoms with Crippen LogP contribution in [-0.2, 0) is 4.79 Å². The van der Waals surface area contributed by atoms with E-state index in [-0.39, 0.29) is 11.8 Å². The Hall–Kier alpha value is -1.35. The maximum Gasteiger partial charge on any atom is 0.226 e. The highest BCUT2D eigenvalue weighted by molar-refractivity contribution is 5.82. The van der Waals surface area contributed by atoms with Crippen molar-refractivity contribution < 1.29 is 4.79 Å². The van der Waals surface area contributed by atoms with Gasteiger partial charge in [0, 0.05) is 19.5 Å². The summed E-state index contributed by atoms with van der Waals surface area (Å²) in [4.78, 5) is 14.1. The second-order valence-corrected chi connectivity index (χ2v) is 5.42. The maximum atomic E-state index is 12.2. The second-order valence-electron chi connectivity index (χ2n) is 5.42. The van der Waals surface area contributed by atoms with E-state index in [1.165, 1.54) is 5.56 Å². The molecular formula is C15H22N2O. The number of benzene rings is 1. The molecule has 1 fully saturated rings. The van der Waals surface area contributed by atoms with Crippen molar-refractivity contribution in [3.05, 3.63) is 35.9 Å². The predicted octanol–water partition coefficient (Wildman–Crippen LogP) is 1.84. The molecular weight excluding hydrogens is 224 g/mol. The number of hydrogen-bond acceptors (Lipinski definition) is 2. The summed E-state index contributed by atoms with van der Waals surface area (Å²) in [6.07, 6.45) is 0.990. The van der Waals surface area contributed by atoms with Gasteiger partial charge in [-0.25, -0.2) is 0 Å². The Balaban J connectivity index is 1.89. The topological polar surface area (TPSA) is 46.3 Å². The van der Waals surface area contributed by atoms with Gasteiger partial charge < -0.3 is 10.6 Å². The van der Waals surface area contributed by atoms with E-state index in [4.69, 9.17) is 5.73 Å². The van der Waals surface area contributed by atoms with Crippen molar-refractivity contribution in [3.8, 4) is 0 Å². The standard InChI is InChI=1S/C15H22N2O/c1-11(9-16)10-17(2)15(18)14-8-13(14)12-6-4-3-5-7-12/h3-7,11,13-14H,8-10,16H2,1-2H3. The van der Waals surface area contributed by atoms with Crippen molar-refractivity contribution in [1.82, 2.24) is 4.90 Å². The minimum atomic E-state index is 0.183. The summed E-state index contributed by atoms with van der Waals surface area (Å²) in [6, 6.07) is 10.3. The average Bonchev–Trinajstić information content (AvgIpc) is 3.18. The van der Waals surface area contributed by atoms with Gasteiger partial charge in [-0.15, -0.1) is 0 Å². The van der Waals surface area contributed by atoms with Crippen LogP contribution in [-0.4, -0.2) is 30.9 Å². The zero-order valence-corrected chi connectivity index (χ0v) is 11.2. The van der Waals surface area contributed by atoms with Gasteiger partial charge >= 0.3 is 0 Å². The molecule has 1 aliphatic rings. The third-order valence-electron chi connectivity index (χ3n) is 3.70. The van der Waals surface area contributed by atoms with Gasteiger partial charge in [-0.3, -0.25) is 4.79 Å². The van der Waals surface area contributed by atoms with Crippen molar-refractivity contribution in [3.63, 3.8) is 0 Å². The molecule has 1 aliphatic carbocycles. The Morgan fingerprint density at radius 1 is 1.44 bits per heavy atom. The molecule has 0 bridgehead atoms. The molecule has 3 atom stereocenters. The van der Waals surface area contributed by atoms with Crippen LogP contribution in [0.15, 0.2) is 30.3 Å². The molecule has 0 radical (unpaired) electrons. The predicted molar refractivity (Wildman–Crippen MR) is 73.1 cm³/mol.